The molecule has 34 heavy (non-hydrogen) atoms. The van der Waals surface area contributed by atoms with Crippen molar-refractivity contribution in [2.45, 2.75) is 64.3 Å². The van der Waals surface area contributed by atoms with Crippen molar-refractivity contribution in [1.29, 1.82) is 0 Å². The Bertz CT molecular complexity index is 1220. The normalized spacial score (nSPS) is 27.4. The first kappa shape index (κ1) is 21.6. The molecule has 1 aromatic carbocycles. The van der Waals surface area contributed by atoms with Crippen LogP contribution < -0.4 is 4.74 Å². The molecule has 4 bridgehead atoms. The van der Waals surface area contributed by atoms with Crippen LogP contribution in [-0.4, -0.2) is 45.1 Å². The van der Waals surface area contributed by atoms with Crippen molar-refractivity contribution >= 4 is 11.6 Å². The summed E-state index contributed by atoms with van der Waals surface area (Å²) in [5.41, 5.74) is 5.52. The Morgan fingerprint density at radius 2 is 1.71 bits per heavy atom. The molecule has 0 atom stereocenters. The Hall–Kier alpha value is -2.89. The smallest absolute Gasteiger partial charge is 0.227 e. The molecule has 0 radical (unpaired) electrons. The number of methoxy groups -OCH3 is 1. The summed E-state index contributed by atoms with van der Waals surface area (Å²) >= 11 is 0. The van der Waals surface area contributed by atoms with Crippen molar-refractivity contribution in [3.8, 4) is 17.0 Å². The number of nitrogens with zero attached hydrogens (tertiary/aromatic N) is 4. The van der Waals surface area contributed by atoms with Crippen molar-refractivity contribution in [1.82, 2.24) is 19.5 Å². The highest BCUT2D eigenvalue weighted by Gasteiger charge is 2.53. The molecule has 0 N–H and O–H groups in total. The van der Waals surface area contributed by atoms with E-state index in [0.29, 0.717) is 6.42 Å². The molecule has 0 unspecified atom stereocenters. The molecular formula is C28H34N4O2. The summed E-state index contributed by atoms with van der Waals surface area (Å²) in [5, 5.41) is 4.93. The standard InChI is InChI=1S/C28H34N4O2/c1-17-9-18(2)32-27(29-17)24(26(30-32)22-5-7-23(34-4)8-6-22)13-25(33)31(3)28-14-19-10-20(15-28)12-21(11-19)16-28/h5-9,19-21H,10-16H2,1-4H3. The monoisotopic (exact) mass is 458 g/mol. The fourth-order valence-corrected chi connectivity index (χ4v) is 7.52. The number of carbonyl (C=O) groups excluding carboxylic acids is 1. The Morgan fingerprint density at radius 1 is 1.09 bits per heavy atom. The Morgan fingerprint density at radius 3 is 2.29 bits per heavy atom. The number of hydrogen-bond donors (Lipinski definition) is 0. The number of aromatic nitrogens is 3. The SMILES string of the molecule is COc1ccc(-c2nn3c(C)cc(C)nc3c2CC(=O)N(C)C23CC4CC(CC(C4)C2)C3)cc1. The topological polar surface area (TPSA) is 59.7 Å². The van der Waals surface area contributed by atoms with Gasteiger partial charge in [-0.05, 0) is 100 Å². The van der Waals surface area contributed by atoms with E-state index in [1.807, 2.05) is 48.7 Å². The molecule has 4 fully saturated rings. The molecule has 0 spiro atoms. The molecule has 1 amide bonds. The van der Waals surface area contributed by atoms with Crippen molar-refractivity contribution in [2.24, 2.45) is 17.8 Å². The number of carbonyl (C=O) groups is 1. The Kier molecular flexibility index (Phi) is 4.98. The van der Waals surface area contributed by atoms with Gasteiger partial charge in [0.2, 0.25) is 5.91 Å². The summed E-state index contributed by atoms with van der Waals surface area (Å²) in [6, 6.07) is 9.94. The minimum atomic E-state index is 0.0499. The van der Waals surface area contributed by atoms with Gasteiger partial charge in [-0.15, -0.1) is 0 Å². The molecule has 2 aromatic heterocycles. The number of hydrogen-bond acceptors (Lipinski definition) is 4. The van der Waals surface area contributed by atoms with Crippen LogP contribution >= 0.6 is 0 Å². The van der Waals surface area contributed by atoms with Gasteiger partial charge in [-0.1, -0.05) is 0 Å². The highest BCUT2D eigenvalue weighted by atomic mass is 16.5. The zero-order valence-electron chi connectivity index (χ0n) is 20.7. The van der Waals surface area contributed by atoms with Crippen molar-refractivity contribution in [2.75, 3.05) is 14.2 Å². The maximum Gasteiger partial charge on any atom is 0.227 e. The zero-order valence-corrected chi connectivity index (χ0v) is 20.7. The van der Waals surface area contributed by atoms with Crippen LogP contribution in [0.5, 0.6) is 5.75 Å². The van der Waals surface area contributed by atoms with Gasteiger partial charge < -0.3 is 9.64 Å². The van der Waals surface area contributed by atoms with E-state index in [1.54, 1.807) is 7.11 Å². The van der Waals surface area contributed by atoms with Crippen LogP contribution in [0.25, 0.3) is 16.9 Å². The minimum Gasteiger partial charge on any atom is -0.497 e. The summed E-state index contributed by atoms with van der Waals surface area (Å²) in [4.78, 5) is 20.8. The number of likely N-dealkylation sites (N-methyl/N-ethyl adjacent to an activating group) is 1. The lowest BCUT2D eigenvalue weighted by Crippen LogP contribution is -2.60. The molecule has 7 rings (SSSR count). The number of rotatable bonds is 5. The van der Waals surface area contributed by atoms with Crippen LogP contribution in [0.3, 0.4) is 0 Å². The second-order valence-corrected chi connectivity index (χ2v) is 11.1. The van der Waals surface area contributed by atoms with Gasteiger partial charge >= 0.3 is 0 Å². The van der Waals surface area contributed by atoms with Crippen molar-refractivity contribution in [3.63, 3.8) is 0 Å². The van der Waals surface area contributed by atoms with Gasteiger partial charge in [-0.25, -0.2) is 9.50 Å². The molecule has 6 heteroatoms. The predicted octanol–water partition coefficient (Wildman–Crippen LogP) is 4.99. The first-order valence-electron chi connectivity index (χ1n) is 12.6. The van der Waals surface area contributed by atoms with E-state index in [4.69, 9.17) is 14.8 Å². The van der Waals surface area contributed by atoms with Gasteiger partial charge in [0.1, 0.15) is 5.75 Å². The maximum absolute atomic E-state index is 13.9. The fraction of sp³-hybridized carbons (Fsp3) is 0.536. The van der Waals surface area contributed by atoms with Gasteiger partial charge in [0.25, 0.3) is 0 Å². The van der Waals surface area contributed by atoms with E-state index in [9.17, 15) is 4.79 Å². The molecule has 4 aliphatic rings. The largest absolute Gasteiger partial charge is 0.497 e. The molecule has 4 saturated carbocycles. The highest BCUT2D eigenvalue weighted by Crippen LogP contribution is 2.57. The Labute approximate surface area is 201 Å². The van der Waals surface area contributed by atoms with Crippen LogP contribution in [0.15, 0.2) is 30.3 Å². The highest BCUT2D eigenvalue weighted by molar-refractivity contribution is 5.85. The van der Waals surface area contributed by atoms with Crippen LogP contribution in [-0.2, 0) is 11.2 Å². The van der Waals surface area contributed by atoms with Crippen LogP contribution in [0.4, 0.5) is 0 Å². The van der Waals surface area contributed by atoms with E-state index in [-0.39, 0.29) is 11.4 Å². The summed E-state index contributed by atoms with van der Waals surface area (Å²) in [6.45, 7) is 4.04. The quantitative estimate of drug-likeness (QED) is 0.540. The second-order valence-electron chi connectivity index (χ2n) is 11.1. The van der Waals surface area contributed by atoms with E-state index in [2.05, 4.69) is 11.9 Å². The van der Waals surface area contributed by atoms with Gasteiger partial charge in [0, 0.05) is 35.1 Å². The average molecular weight is 459 g/mol. The summed E-state index contributed by atoms with van der Waals surface area (Å²) in [5.74, 6) is 3.41. The molecule has 0 aliphatic heterocycles. The number of benzene rings is 1. The molecular weight excluding hydrogens is 424 g/mol. The van der Waals surface area contributed by atoms with E-state index in [0.717, 1.165) is 57.4 Å². The van der Waals surface area contributed by atoms with Crippen LogP contribution in [0.2, 0.25) is 0 Å². The lowest BCUT2D eigenvalue weighted by molar-refractivity contribution is -0.146. The van der Waals surface area contributed by atoms with Gasteiger partial charge in [0.05, 0.1) is 19.2 Å². The lowest BCUT2D eigenvalue weighted by atomic mass is 9.52. The van der Waals surface area contributed by atoms with Gasteiger partial charge in [-0.2, -0.15) is 5.10 Å². The minimum absolute atomic E-state index is 0.0499. The third-order valence-electron chi connectivity index (χ3n) is 8.77. The number of ether oxygens (including phenoxy) is 1. The molecule has 178 valence electrons. The Balaban J connectivity index is 1.38. The van der Waals surface area contributed by atoms with Crippen molar-refractivity contribution < 1.29 is 9.53 Å². The lowest BCUT2D eigenvalue weighted by Gasteiger charge is -2.59. The first-order chi connectivity index (χ1) is 16.3. The van der Waals surface area contributed by atoms with Gasteiger partial charge in [-0.3, -0.25) is 4.79 Å². The third kappa shape index (κ3) is 3.41. The van der Waals surface area contributed by atoms with E-state index in [1.165, 1.54) is 38.5 Å². The first-order valence-corrected chi connectivity index (χ1v) is 12.6. The number of fused-ring (bicyclic) bond motifs is 1. The second kappa shape index (κ2) is 7.82. The molecule has 6 nitrogen and oxygen atoms in total. The van der Waals surface area contributed by atoms with Crippen LogP contribution in [0, 0.1) is 31.6 Å². The third-order valence-corrected chi connectivity index (χ3v) is 8.77. The molecule has 3 aromatic rings. The van der Waals surface area contributed by atoms with Gasteiger partial charge in [0.15, 0.2) is 5.65 Å². The molecule has 4 aliphatic carbocycles. The predicted molar refractivity (Wildman–Crippen MR) is 132 cm³/mol. The van der Waals surface area contributed by atoms with Crippen LogP contribution in [0.1, 0.15) is 55.5 Å². The summed E-state index contributed by atoms with van der Waals surface area (Å²) in [6.07, 6.45) is 7.98. The fourth-order valence-electron chi connectivity index (χ4n) is 7.52. The summed E-state index contributed by atoms with van der Waals surface area (Å²) in [7, 11) is 3.72. The maximum atomic E-state index is 13.9. The average Bonchev–Trinajstić information content (AvgIpc) is 3.16. The number of aryl methyl sites for hydroxylation is 2. The molecule has 0 saturated heterocycles. The van der Waals surface area contributed by atoms with Crippen molar-refractivity contribution in [3.05, 3.63) is 47.3 Å². The summed E-state index contributed by atoms with van der Waals surface area (Å²) < 4.78 is 7.23. The van der Waals surface area contributed by atoms with E-state index >= 15 is 0 Å². The number of amides is 1. The van der Waals surface area contributed by atoms with E-state index < -0.39 is 0 Å². The molecule has 2 heterocycles. The zero-order chi connectivity index (χ0) is 23.6.